The molecule has 47 heavy (non-hydrogen) atoms. The first-order valence-corrected chi connectivity index (χ1v) is 16.1. The molecule has 240 valence electrons. The van der Waals surface area contributed by atoms with Crippen molar-refractivity contribution in [3.8, 4) is 11.3 Å². The van der Waals surface area contributed by atoms with Gasteiger partial charge in [0.15, 0.2) is 0 Å². The lowest BCUT2D eigenvalue weighted by atomic mass is 9.84. The van der Waals surface area contributed by atoms with Crippen LogP contribution in [0.5, 0.6) is 0 Å². The van der Waals surface area contributed by atoms with Crippen molar-refractivity contribution in [1.82, 2.24) is 30.0 Å². The van der Waals surface area contributed by atoms with Crippen LogP contribution in [0, 0.1) is 11.2 Å². The minimum Gasteiger partial charge on any atom is -0.352 e. The Balaban J connectivity index is 1.37. The number of carbonyl (C=O) groups excluding carboxylic acids is 1. The van der Waals surface area contributed by atoms with E-state index in [0.29, 0.717) is 37.3 Å². The molecule has 6 aromatic rings. The molecule has 0 unspecified atom stereocenters. The average Bonchev–Trinajstić information content (AvgIpc) is 3.67. The van der Waals surface area contributed by atoms with Gasteiger partial charge in [-0.25, -0.2) is 9.37 Å². The summed E-state index contributed by atoms with van der Waals surface area (Å²) in [5, 5.41) is 11.6. The predicted octanol–water partition coefficient (Wildman–Crippen LogP) is 8.02. The molecule has 2 aromatic heterocycles. The number of imidazole rings is 1. The molecular weight excluding hydrogens is 587 g/mol. The van der Waals surface area contributed by atoms with Gasteiger partial charge in [-0.1, -0.05) is 99.6 Å². The third-order valence-electron chi connectivity index (χ3n) is 8.40. The Bertz CT molecular complexity index is 1910. The Morgan fingerprint density at radius 3 is 2.32 bits per heavy atom. The first-order chi connectivity index (χ1) is 22.8. The quantitative estimate of drug-likeness (QED) is 0.135. The van der Waals surface area contributed by atoms with Gasteiger partial charge in [0.05, 0.1) is 22.9 Å². The van der Waals surface area contributed by atoms with Crippen LogP contribution in [0.4, 0.5) is 4.39 Å². The molecule has 0 fully saturated rings. The third-order valence-corrected chi connectivity index (χ3v) is 8.40. The molecule has 1 amide bonds. The van der Waals surface area contributed by atoms with Gasteiger partial charge < -0.3 is 9.88 Å². The van der Waals surface area contributed by atoms with Gasteiger partial charge in [0.25, 0.3) is 5.91 Å². The molecule has 0 aliphatic rings. The van der Waals surface area contributed by atoms with Crippen LogP contribution in [0.3, 0.4) is 0 Å². The highest BCUT2D eigenvalue weighted by molar-refractivity contribution is 5.94. The van der Waals surface area contributed by atoms with Gasteiger partial charge in [-0.2, -0.15) is 5.10 Å². The molecule has 0 saturated heterocycles. The van der Waals surface area contributed by atoms with Crippen LogP contribution in [0.1, 0.15) is 60.7 Å². The van der Waals surface area contributed by atoms with Gasteiger partial charge in [-0.3, -0.25) is 14.8 Å². The average molecular weight is 629 g/mol. The molecule has 0 aliphatic heterocycles. The molecule has 0 radical (unpaired) electrons. The number of amides is 1. The number of hydrogen-bond acceptors (Lipinski definition) is 4. The maximum absolute atomic E-state index is 14.1. The summed E-state index contributed by atoms with van der Waals surface area (Å²) in [4.78, 5) is 20.6. The monoisotopic (exact) mass is 628 g/mol. The summed E-state index contributed by atoms with van der Waals surface area (Å²) in [6.07, 6.45) is 2.87. The summed E-state index contributed by atoms with van der Waals surface area (Å²) in [5.41, 5.74) is 5.09. The molecule has 2 heterocycles. The number of aromatic nitrogens is 4. The standard InChI is InChI=1S/C39H41FN6O/c1-39(2,3)36(37-42-34(29-16-9-5-10-17-29)26-46(37)25-28-14-7-4-8-15-28)45(23-13-22-41-38(47)30-18-11-6-12-19-30)27-35-32-21-20-31(40)24-33(32)43-44-35/h4-12,14-21,24,26,36H,13,22-23,25,27H2,1-3H3,(H,41,47)(H,43,44)/t36-/m0/s1. The molecule has 0 saturated carbocycles. The summed E-state index contributed by atoms with van der Waals surface area (Å²) >= 11 is 0. The fourth-order valence-corrected chi connectivity index (χ4v) is 6.24. The van der Waals surface area contributed by atoms with Crippen molar-refractivity contribution in [2.75, 3.05) is 13.1 Å². The van der Waals surface area contributed by atoms with E-state index in [1.54, 1.807) is 6.07 Å². The predicted molar refractivity (Wildman–Crippen MR) is 185 cm³/mol. The van der Waals surface area contributed by atoms with Crippen molar-refractivity contribution >= 4 is 16.8 Å². The van der Waals surface area contributed by atoms with Crippen LogP contribution >= 0.6 is 0 Å². The second kappa shape index (κ2) is 14.1. The number of rotatable bonds is 12. The highest BCUT2D eigenvalue weighted by Crippen LogP contribution is 2.40. The number of benzene rings is 4. The normalized spacial score (nSPS) is 12.4. The van der Waals surface area contributed by atoms with Crippen molar-refractivity contribution in [2.24, 2.45) is 5.41 Å². The Morgan fingerprint density at radius 2 is 1.62 bits per heavy atom. The van der Waals surface area contributed by atoms with Crippen molar-refractivity contribution < 1.29 is 9.18 Å². The zero-order valence-corrected chi connectivity index (χ0v) is 27.2. The topological polar surface area (TPSA) is 78.8 Å². The summed E-state index contributed by atoms with van der Waals surface area (Å²) in [6, 6.07) is 34.6. The fraction of sp³-hybridized carbons (Fsp3) is 0.256. The number of nitrogens with zero attached hydrogens (tertiary/aromatic N) is 4. The number of carbonyl (C=O) groups is 1. The molecule has 8 heteroatoms. The highest BCUT2D eigenvalue weighted by Gasteiger charge is 2.36. The Labute approximate surface area is 275 Å². The SMILES string of the molecule is CC(C)(C)[C@H](c1nc(-c2ccccc2)cn1Cc1ccccc1)N(CCCNC(=O)c1ccccc1)Cc1[nH]nc2cc(F)ccc12. The first-order valence-electron chi connectivity index (χ1n) is 16.1. The second-order valence-corrected chi connectivity index (χ2v) is 13.0. The van der Waals surface area contributed by atoms with Crippen molar-refractivity contribution in [2.45, 2.75) is 46.3 Å². The summed E-state index contributed by atoms with van der Waals surface area (Å²) in [6.45, 7) is 9.14. The van der Waals surface area contributed by atoms with E-state index in [2.05, 4.69) is 88.3 Å². The first kappa shape index (κ1) is 31.9. The van der Waals surface area contributed by atoms with E-state index in [1.807, 2.05) is 54.6 Å². The lowest BCUT2D eigenvalue weighted by Gasteiger charge is -2.40. The Hall–Kier alpha value is -5.08. The Kier molecular flexibility index (Phi) is 9.59. The van der Waals surface area contributed by atoms with Crippen LogP contribution in [0.15, 0.2) is 115 Å². The van der Waals surface area contributed by atoms with E-state index in [1.165, 1.54) is 17.7 Å². The summed E-state index contributed by atoms with van der Waals surface area (Å²) in [7, 11) is 0. The number of H-pyrrole nitrogens is 1. The minimum atomic E-state index is -0.314. The van der Waals surface area contributed by atoms with E-state index in [-0.39, 0.29) is 23.2 Å². The molecule has 0 spiro atoms. The minimum absolute atomic E-state index is 0.0861. The number of fused-ring (bicyclic) bond motifs is 1. The lowest BCUT2D eigenvalue weighted by Crippen LogP contribution is -2.40. The van der Waals surface area contributed by atoms with Crippen molar-refractivity contribution in [3.05, 3.63) is 144 Å². The van der Waals surface area contributed by atoms with E-state index >= 15 is 0 Å². The van der Waals surface area contributed by atoms with E-state index in [0.717, 1.165) is 34.6 Å². The van der Waals surface area contributed by atoms with Crippen LogP contribution < -0.4 is 5.32 Å². The molecule has 0 bridgehead atoms. The summed E-state index contributed by atoms with van der Waals surface area (Å²) in [5.74, 6) is 0.561. The largest absolute Gasteiger partial charge is 0.352 e. The van der Waals surface area contributed by atoms with E-state index < -0.39 is 0 Å². The maximum Gasteiger partial charge on any atom is 0.251 e. The third kappa shape index (κ3) is 7.67. The molecule has 2 N–H and O–H groups in total. The Morgan fingerprint density at radius 1 is 0.936 bits per heavy atom. The van der Waals surface area contributed by atoms with Crippen LogP contribution in [-0.4, -0.2) is 43.6 Å². The molecule has 7 nitrogen and oxygen atoms in total. The highest BCUT2D eigenvalue weighted by atomic mass is 19.1. The maximum atomic E-state index is 14.1. The van der Waals surface area contributed by atoms with Crippen LogP contribution in [-0.2, 0) is 13.1 Å². The van der Waals surface area contributed by atoms with Crippen LogP contribution in [0.25, 0.3) is 22.2 Å². The smallest absolute Gasteiger partial charge is 0.251 e. The molecule has 4 aromatic carbocycles. The number of hydrogen-bond donors (Lipinski definition) is 2. The van der Waals surface area contributed by atoms with Gasteiger partial charge >= 0.3 is 0 Å². The molecular formula is C39H41FN6O. The van der Waals surface area contributed by atoms with E-state index in [4.69, 9.17) is 4.98 Å². The van der Waals surface area contributed by atoms with Gasteiger partial charge in [0.1, 0.15) is 11.6 Å². The molecule has 0 aliphatic carbocycles. The van der Waals surface area contributed by atoms with Crippen LogP contribution in [0.2, 0.25) is 0 Å². The number of nitrogens with one attached hydrogen (secondary N) is 2. The van der Waals surface area contributed by atoms with Crippen molar-refractivity contribution in [3.63, 3.8) is 0 Å². The van der Waals surface area contributed by atoms with E-state index in [9.17, 15) is 9.18 Å². The second-order valence-electron chi connectivity index (χ2n) is 13.0. The van der Waals surface area contributed by atoms with Gasteiger partial charge in [-0.15, -0.1) is 0 Å². The molecule has 6 rings (SSSR count). The lowest BCUT2D eigenvalue weighted by molar-refractivity contribution is 0.0785. The number of aromatic amines is 1. The van der Waals surface area contributed by atoms with Gasteiger partial charge in [0.2, 0.25) is 0 Å². The number of halogens is 1. The fourth-order valence-electron chi connectivity index (χ4n) is 6.24. The molecule has 1 atom stereocenters. The summed E-state index contributed by atoms with van der Waals surface area (Å²) < 4.78 is 16.3. The van der Waals surface area contributed by atoms with Gasteiger partial charge in [-0.05, 0) is 41.7 Å². The zero-order chi connectivity index (χ0) is 32.8. The van der Waals surface area contributed by atoms with Crippen molar-refractivity contribution in [1.29, 1.82) is 0 Å². The van der Waals surface area contributed by atoms with Gasteiger partial charge in [0, 0.05) is 55.0 Å². The zero-order valence-electron chi connectivity index (χ0n) is 27.2.